The molecule has 8 atom stereocenters. The molecule has 0 aliphatic heterocycles. The first-order chi connectivity index (χ1) is 13.0. The number of aliphatic hydroxyl groups excluding tert-OH is 1. The molecule has 0 bridgehead atoms. The van der Waals surface area contributed by atoms with Crippen molar-refractivity contribution in [3.63, 3.8) is 0 Å². The minimum absolute atomic E-state index is 0.0196. The van der Waals surface area contributed by atoms with Gasteiger partial charge in [-0.05, 0) is 80.5 Å². The van der Waals surface area contributed by atoms with Crippen molar-refractivity contribution in [2.24, 2.45) is 34.5 Å². The zero-order chi connectivity index (χ0) is 20.5. The summed E-state index contributed by atoms with van der Waals surface area (Å²) in [6, 6.07) is 0. The van der Waals surface area contributed by atoms with Gasteiger partial charge >= 0.3 is 10.4 Å². The van der Waals surface area contributed by atoms with Gasteiger partial charge in [0.25, 0.3) is 0 Å². The molecule has 2 N–H and O–H groups in total. The Morgan fingerprint density at radius 1 is 1.18 bits per heavy atom. The van der Waals surface area contributed by atoms with Gasteiger partial charge in [-0.25, -0.2) is 4.18 Å². The molecule has 3 saturated carbocycles. The first kappa shape index (κ1) is 20.5. The molecule has 158 valence electrons. The van der Waals surface area contributed by atoms with Crippen LogP contribution in [-0.4, -0.2) is 36.1 Å². The second kappa shape index (κ2) is 6.62. The van der Waals surface area contributed by atoms with Gasteiger partial charge in [0.15, 0.2) is 0 Å². The molecule has 7 heteroatoms. The molecule has 0 aromatic heterocycles. The summed E-state index contributed by atoms with van der Waals surface area (Å²) in [5.74, 6) is 1.02. The summed E-state index contributed by atoms with van der Waals surface area (Å²) in [6.07, 6.45) is 6.47. The molecule has 4 aliphatic rings. The molecule has 28 heavy (non-hydrogen) atoms. The first-order valence-electron chi connectivity index (χ1n) is 10.5. The normalized spacial score (nSPS) is 48.2. The van der Waals surface area contributed by atoms with Gasteiger partial charge in [-0.3, -0.25) is 9.35 Å². The highest BCUT2D eigenvalue weighted by Crippen LogP contribution is 2.65. The summed E-state index contributed by atoms with van der Waals surface area (Å²) < 4.78 is 36.1. The molecule has 0 spiro atoms. The van der Waals surface area contributed by atoms with E-state index in [1.165, 1.54) is 5.57 Å². The van der Waals surface area contributed by atoms with Gasteiger partial charge in [0.05, 0.1) is 12.2 Å². The van der Waals surface area contributed by atoms with Gasteiger partial charge in [0.1, 0.15) is 5.78 Å². The van der Waals surface area contributed by atoms with Crippen molar-refractivity contribution in [3.8, 4) is 0 Å². The standard InChI is InChI=1S/C21H32O6S/c1-12(22)15-4-5-16-14-11-19(23)18-10-13(27-28(24,25)26)6-8-21(18,3)17(14)7-9-20(15,16)2/h7,13-16,18-19,23H,4-6,8-11H2,1-3H3,(H,24,25,26)/t13?,14?,15?,16?,18?,19?,20-,21-/m1/s1. The number of fused-ring (bicyclic) bond motifs is 5. The topological polar surface area (TPSA) is 101 Å². The Labute approximate surface area is 167 Å². The second-order valence-corrected chi connectivity index (χ2v) is 11.1. The van der Waals surface area contributed by atoms with E-state index in [0.717, 1.165) is 25.7 Å². The Morgan fingerprint density at radius 3 is 2.54 bits per heavy atom. The first-order valence-corrected chi connectivity index (χ1v) is 11.9. The number of hydrogen-bond donors (Lipinski definition) is 2. The fourth-order valence-corrected chi connectivity index (χ4v) is 7.98. The van der Waals surface area contributed by atoms with Crippen LogP contribution in [-0.2, 0) is 19.4 Å². The van der Waals surface area contributed by atoms with Crippen LogP contribution in [0.1, 0.15) is 65.7 Å². The van der Waals surface area contributed by atoms with Crippen LogP contribution >= 0.6 is 0 Å². The molecule has 4 rings (SSSR count). The van der Waals surface area contributed by atoms with E-state index in [1.54, 1.807) is 6.92 Å². The fraction of sp³-hybridized carbons (Fsp3) is 0.857. The number of Topliss-reactive ketones (excluding diaryl/α,β-unsaturated/α-hetero) is 1. The summed E-state index contributed by atoms with van der Waals surface area (Å²) in [4.78, 5) is 12.2. The molecule has 0 radical (unpaired) electrons. The fourth-order valence-electron chi connectivity index (χ4n) is 7.46. The molecule has 6 nitrogen and oxygen atoms in total. The van der Waals surface area contributed by atoms with Crippen molar-refractivity contribution in [1.29, 1.82) is 0 Å². The maximum Gasteiger partial charge on any atom is 0.397 e. The predicted molar refractivity (Wildman–Crippen MR) is 104 cm³/mol. The zero-order valence-electron chi connectivity index (χ0n) is 16.9. The molecule has 0 aromatic rings. The van der Waals surface area contributed by atoms with Gasteiger partial charge in [-0.1, -0.05) is 25.5 Å². The van der Waals surface area contributed by atoms with E-state index < -0.39 is 22.6 Å². The molecular weight excluding hydrogens is 380 g/mol. The summed E-state index contributed by atoms with van der Waals surface area (Å²) in [5, 5.41) is 11.0. The highest BCUT2D eigenvalue weighted by molar-refractivity contribution is 7.80. The van der Waals surface area contributed by atoms with Crippen LogP contribution in [0.25, 0.3) is 0 Å². The van der Waals surface area contributed by atoms with E-state index >= 15 is 0 Å². The minimum atomic E-state index is -4.48. The van der Waals surface area contributed by atoms with Crippen LogP contribution in [0.2, 0.25) is 0 Å². The highest BCUT2D eigenvalue weighted by atomic mass is 32.3. The van der Waals surface area contributed by atoms with E-state index in [9.17, 15) is 18.3 Å². The van der Waals surface area contributed by atoms with Crippen molar-refractivity contribution in [3.05, 3.63) is 11.6 Å². The number of carbonyl (C=O) groups excluding carboxylic acids is 1. The van der Waals surface area contributed by atoms with E-state index in [4.69, 9.17) is 8.74 Å². The van der Waals surface area contributed by atoms with Gasteiger partial charge < -0.3 is 5.11 Å². The van der Waals surface area contributed by atoms with Crippen molar-refractivity contribution in [1.82, 2.24) is 0 Å². The lowest BCUT2D eigenvalue weighted by Crippen LogP contribution is -2.54. The third-order valence-corrected chi connectivity index (χ3v) is 9.26. The summed E-state index contributed by atoms with van der Waals surface area (Å²) in [7, 11) is -4.48. The number of aliphatic hydroxyl groups is 1. The molecular formula is C21H32O6S. The molecule has 0 aromatic carbocycles. The molecule has 6 unspecified atom stereocenters. The third kappa shape index (κ3) is 3.09. The quantitative estimate of drug-likeness (QED) is 0.545. The Morgan fingerprint density at radius 2 is 1.89 bits per heavy atom. The van der Waals surface area contributed by atoms with Crippen LogP contribution in [0, 0.1) is 34.5 Å². The van der Waals surface area contributed by atoms with Crippen molar-refractivity contribution in [2.75, 3.05) is 0 Å². The van der Waals surface area contributed by atoms with Crippen LogP contribution < -0.4 is 0 Å². The van der Waals surface area contributed by atoms with Crippen molar-refractivity contribution >= 4 is 16.2 Å². The maximum atomic E-state index is 12.2. The Bertz CT molecular complexity index is 804. The lowest BCUT2D eigenvalue weighted by molar-refractivity contribution is -0.125. The van der Waals surface area contributed by atoms with Crippen LogP contribution in [0.4, 0.5) is 0 Å². The Kier molecular flexibility index (Phi) is 4.85. The van der Waals surface area contributed by atoms with E-state index in [1.807, 2.05) is 0 Å². The number of carbonyl (C=O) groups is 1. The third-order valence-electron chi connectivity index (χ3n) is 8.75. The van der Waals surface area contributed by atoms with Gasteiger partial charge in [0.2, 0.25) is 0 Å². The highest BCUT2D eigenvalue weighted by Gasteiger charge is 2.60. The summed E-state index contributed by atoms with van der Waals surface area (Å²) in [5.41, 5.74) is 1.20. The summed E-state index contributed by atoms with van der Waals surface area (Å²) in [6.45, 7) is 6.16. The predicted octanol–water partition coefficient (Wildman–Crippen LogP) is 3.31. The maximum absolute atomic E-state index is 12.2. The van der Waals surface area contributed by atoms with Gasteiger partial charge in [-0.15, -0.1) is 0 Å². The van der Waals surface area contributed by atoms with Crippen molar-refractivity contribution < 1.29 is 27.1 Å². The zero-order valence-corrected chi connectivity index (χ0v) is 17.7. The monoisotopic (exact) mass is 412 g/mol. The summed E-state index contributed by atoms with van der Waals surface area (Å²) >= 11 is 0. The number of rotatable bonds is 3. The van der Waals surface area contributed by atoms with E-state index in [-0.39, 0.29) is 28.4 Å². The molecule has 0 saturated heterocycles. The molecule has 3 fully saturated rings. The largest absolute Gasteiger partial charge is 0.397 e. The lowest BCUT2D eigenvalue weighted by Gasteiger charge is -2.58. The van der Waals surface area contributed by atoms with Crippen LogP contribution in [0.5, 0.6) is 0 Å². The van der Waals surface area contributed by atoms with Crippen LogP contribution in [0.15, 0.2) is 11.6 Å². The van der Waals surface area contributed by atoms with Crippen molar-refractivity contribution in [2.45, 2.75) is 77.9 Å². The van der Waals surface area contributed by atoms with Gasteiger partial charge in [0, 0.05) is 5.92 Å². The minimum Gasteiger partial charge on any atom is -0.393 e. The Hall–Kier alpha value is -0.760. The average Bonchev–Trinajstić information content (AvgIpc) is 2.92. The second-order valence-electron chi connectivity index (χ2n) is 10.1. The molecule has 0 amide bonds. The van der Waals surface area contributed by atoms with Crippen LogP contribution in [0.3, 0.4) is 0 Å². The molecule has 0 heterocycles. The average molecular weight is 413 g/mol. The molecule has 4 aliphatic carbocycles. The number of allylic oxidation sites excluding steroid dienone is 2. The number of ketones is 1. The SMILES string of the molecule is CC(=O)C1CCC2C3CC(O)C4CC(OS(=O)(=O)O)CC[C@]4(C)C3=CC[C@]12C. The van der Waals surface area contributed by atoms with E-state index in [2.05, 4.69) is 19.9 Å². The smallest absolute Gasteiger partial charge is 0.393 e. The lowest BCUT2D eigenvalue weighted by atomic mass is 9.48. The number of hydrogen-bond acceptors (Lipinski definition) is 5. The Balaban J connectivity index is 1.63. The van der Waals surface area contributed by atoms with E-state index in [0.29, 0.717) is 31.1 Å². The van der Waals surface area contributed by atoms with Gasteiger partial charge in [-0.2, -0.15) is 8.42 Å².